The molecule has 132 valence electrons. The number of halogens is 1. The quantitative estimate of drug-likeness (QED) is 0.235. The number of aryl methyl sites for hydroxylation is 1. The minimum atomic E-state index is -0.705. The summed E-state index contributed by atoms with van der Waals surface area (Å²) in [5, 5.41) is 13.3. The largest absolute Gasteiger partial charge is 0.420 e. The molecule has 0 saturated heterocycles. The maximum Gasteiger partial charge on any atom is 0.343 e. The number of hydrogen-bond donors (Lipinski definition) is 0. The van der Waals surface area contributed by atoms with Gasteiger partial charge in [-0.2, -0.15) is 0 Å². The lowest BCUT2D eigenvalue weighted by molar-refractivity contribution is -0.387. The molecule has 0 N–H and O–H groups in total. The summed E-state index contributed by atoms with van der Waals surface area (Å²) in [7, 11) is 0. The van der Waals surface area contributed by atoms with Crippen LogP contribution in [0.5, 0.6) is 5.75 Å². The van der Waals surface area contributed by atoms with Crippen LogP contribution in [0, 0.1) is 17.0 Å². The standard InChI is InChI=1S/C16H10BrN3O4S2/c1-9-8-25-16(19-9)26-13-5-4-10(7-11(13)20(22)23)15(21)24-12-3-2-6-18-14(12)17/h2-8H,1H3. The molecule has 0 radical (unpaired) electrons. The van der Waals surface area contributed by atoms with E-state index in [9.17, 15) is 14.9 Å². The molecule has 2 heterocycles. The van der Waals surface area contributed by atoms with Crippen molar-refractivity contribution in [3.8, 4) is 5.75 Å². The molecular weight excluding hydrogens is 442 g/mol. The summed E-state index contributed by atoms with van der Waals surface area (Å²) in [4.78, 5) is 31.8. The molecule has 1 aromatic carbocycles. The van der Waals surface area contributed by atoms with Gasteiger partial charge in [0.25, 0.3) is 5.69 Å². The van der Waals surface area contributed by atoms with E-state index in [1.807, 2.05) is 12.3 Å². The van der Waals surface area contributed by atoms with E-state index in [2.05, 4.69) is 25.9 Å². The van der Waals surface area contributed by atoms with E-state index >= 15 is 0 Å². The summed E-state index contributed by atoms with van der Waals surface area (Å²) >= 11 is 5.77. The van der Waals surface area contributed by atoms with Crippen molar-refractivity contribution in [1.29, 1.82) is 0 Å². The van der Waals surface area contributed by atoms with Crippen LogP contribution < -0.4 is 4.74 Å². The van der Waals surface area contributed by atoms with Gasteiger partial charge < -0.3 is 4.74 Å². The monoisotopic (exact) mass is 451 g/mol. The van der Waals surface area contributed by atoms with Gasteiger partial charge in [-0.05, 0) is 47.1 Å². The van der Waals surface area contributed by atoms with Gasteiger partial charge in [0.1, 0.15) is 4.60 Å². The number of nitro benzene ring substituents is 1. The Balaban J connectivity index is 1.87. The van der Waals surface area contributed by atoms with Gasteiger partial charge in [-0.25, -0.2) is 14.8 Å². The second kappa shape index (κ2) is 7.94. The summed E-state index contributed by atoms with van der Waals surface area (Å²) in [6, 6.07) is 7.40. The summed E-state index contributed by atoms with van der Waals surface area (Å²) in [6.45, 7) is 1.85. The minimum Gasteiger partial charge on any atom is -0.420 e. The first-order valence-corrected chi connectivity index (χ1v) is 9.64. The number of nitro groups is 1. The van der Waals surface area contributed by atoms with Crippen molar-refractivity contribution in [1.82, 2.24) is 9.97 Å². The molecule has 0 amide bonds. The van der Waals surface area contributed by atoms with Crippen LogP contribution in [-0.2, 0) is 0 Å². The number of benzene rings is 1. The number of esters is 1. The van der Waals surface area contributed by atoms with Gasteiger partial charge in [-0.3, -0.25) is 10.1 Å². The van der Waals surface area contributed by atoms with Crippen molar-refractivity contribution in [2.24, 2.45) is 0 Å². The molecule has 0 fully saturated rings. The molecule has 0 aliphatic heterocycles. The maximum absolute atomic E-state index is 12.3. The number of nitrogens with zero attached hydrogens (tertiary/aromatic N) is 3. The molecule has 0 unspecified atom stereocenters. The molecule has 0 aliphatic carbocycles. The van der Waals surface area contributed by atoms with E-state index in [0.717, 1.165) is 5.69 Å². The second-order valence-corrected chi connectivity index (χ2v) is 7.88. The van der Waals surface area contributed by atoms with E-state index in [1.54, 1.807) is 18.3 Å². The fourth-order valence-electron chi connectivity index (χ4n) is 1.95. The zero-order valence-corrected chi connectivity index (χ0v) is 16.4. The van der Waals surface area contributed by atoms with E-state index in [-0.39, 0.29) is 17.0 Å². The van der Waals surface area contributed by atoms with E-state index in [0.29, 0.717) is 13.8 Å². The van der Waals surface area contributed by atoms with Gasteiger partial charge in [-0.15, -0.1) is 11.3 Å². The smallest absolute Gasteiger partial charge is 0.343 e. The molecule has 3 aromatic rings. The third-order valence-corrected chi connectivity index (χ3v) is 5.83. The molecule has 2 aromatic heterocycles. The lowest BCUT2D eigenvalue weighted by Crippen LogP contribution is -2.09. The molecule has 26 heavy (non-hydrogen) atoms. The van der Waals surface area contributed by atoms with Crippen LogP contribution in [0.15, 0.2) is 55.7 Å². The SMILES string of the molecule is Cc1csc(Sc2ccc(C(=O)Oc3cccnc3Br)cc2[N+](=O)[O-])n1. The molecule has 0 aliphatic rings. The van der Waals surface area contributed by atoms with Crippen LogP contribution in [0.2, 0.25) is 0 Å². The van der Waals surface area contributed by atoms with Crippen molar-refractivity contribution < 1.29 is 14.5 Å². The summed E-state index contributed by atoms with van der Waals surface area (Å²) < 4.78 is 6.30. The topological polar surface area (TPSA) is 95.2 Å². The Bertz CT molecular complexity index is 993. The Morgan fingerprint density at radius 2 is 2.19 bits per heavy atom. The summed E-state index contributed by atoms with van der Waals surface area (Å²) in [5.41, 5.74) is 0.747. The number of hydrogen-bond acceptors (Lipinski definition) is 8. The van der Waals surface area contributed by atoms with Crippen LogP contribution in [0.25, 0.3) is 0 Å². The highest BCUT2D eigenvalue weighted by Crippen LogP contribution is 2.37. The molecule has 3 rings (SSSR count). The fourth-order valence-corrected chi connectivity index (χ4v) is 4.16. The Morgan fingerprint density at radius 3 is 2.85 bits per heavy atom. The molecule has 7 nitrogen and oxygen atoms in total. The number of carbonyl (C=O) groups excluding carboxylic acids is 1. The van der Waals surface area contributed by atoms with Crippen LogP contribution in [0.4, 0.5) is 5.69 Å². The number of aromatic nitrogens is 2. The summed E-state index contributed by atoms with van der Waals surface area (Å²) in [6.07, 6.45) is 1.54. The van der Waals surface area contributed by atoms with E-state index in [1.165, 1.54) is 41.3 Å². The average Bonchev–Trinajstić information content (AvgIpc) is 3.02. The first kappa shape index (κ1) is 18.5. The number of pyridine rings is 1. The van der Waals surface area contributed by atoms with Crippen LogP contribution >= 0.6 is 39.0 Å². The Morgan fingerprint density at radius 1 is 1.38 bits per heavy atom. The Kier molecular flexibility index (Phi) is 5.64. The van der Waals surface area contributed by atoms with Crippen molar-refractivity contribution in [3.63, 3.8) is 0 Å². The van der Waals surface area contributed by atoms with Gasteiger partial charge >= 0.3 is 5.97 Å². The normalized spacial score (nSPS) is 10.5. The second-order valence-electron chi connectivity index (χ2n) is 4.98. The minimum absolute atomic E-state index is 0.0760. The Labute approximate surface area is 164 Å². The molecule has 0 saturated carbocycles. The highest BCUT2D eigenvalue weighted by atomic mass is 79.9. The summed E-state index contributed by atoms with van der Waals surface area (Å²) in [5.74, 6) is -0.472. The van der Waals surface area contributed by atoms with Crippen LogP contribution in [0.3, 0.4) is 0 Å². The van der Waals surface area contributed by atoms with Gasteiger partial charge in [0.15, 0.2) is 10.1 Å². The first-order chi connectivity index (χ1) is 12.4. The third kappa shape index (κ3) is 4.26. The highest BCUT2D eigenvalue weighted by molar-refractivity contribution is 9.10. The number of rotatable bonds is 5. The van der Waals surface area contributed by atoms with Crippen molar-refractivity contribution in [2.45, 2.75) is 16.2 Å². The molecule has 0 atom stereocenters. The number of carbonyl (C=O) groups is 1. The van der Waals surface area contributed by atoms with Gasteiger partial charge in [0.05, 0.1) is 15.4 Å². The molecule has 0 bridgehead atoms. The van der Waals surface area contributed by atoms with E-state index < -0.39 is 10.9 Å². The predicted molar refractivity (Wildman–Crippen MR) is 101 cm³/mol. The van der Waals surface area contributed by atoms with Crippen LogP contribution in [0.1, 0.15) is 16.1 Å². The van der Waals surface area contributed by atoms with E-state index in [4.69, 9.17) is 4.74 Å². The predicted octanol–water partition coefficient (Wildman–Crippen LogP) is 4.89. The molecule has 10 heteroatoms. The maximum atomic E-state index is 12.3. The number of thiazole rings is 1. The first-order valence-electron chi connectivity index (χ1n) is 7.15. The number of ether oxygens (including phenoxy) is 1. The van der Waals surface area contributed by atoms with Crippen molar-refractivity contribution >= 4 is 50.7 Å². The van der Waals surface area contributed by atoms with Gasteiger partial charge in [-0.1, -0.05) is 11.8 Å². The third-order valence-electron chi connectivity index (χ3n) is 3.11. The zero-order chi connectivity index (χ0) is 18.7. The zero-order valence-electron chi connectivity index (χ0n) is 13.2. The lowest BCUT2D eigenvalue weighted by atomic mass is 10.2. The molecular formula is C16H10BrN3O4S2. The van der Waals surface area contributed by atoms with Gasteiger partial charge in [0.2, 0.25) is 0 Å². The van der Waals surface area contributed by atoms with Crippen molar-refractivity contribution in [2.75, 3.05) is 0 Å². The lowest BCUT2D eigenvalue weighted by Gasteiger charge is -2.07. The highest BCUT2D eigenvalue weighted by Gasteiger charge is 2.21. The Hall–Kier alpha value is -2.30. The van der Waals surface area contributed by atoms with Gasteiger partial charge in [0, 0.05) is 23.3 Å². The average molecular weight is 452 g/mol. The van der Waals surface area contributed by atoms with Crippen LogP contribution in [-0.4, -0.2) is 20.9 Å². The fraction of sp³-hybridized carbons (Fsp3) is 0.0625. The van der Waals surface area contributed by atoms with Crippen molar-refractivity contribution in [3.05, 3.63) is 67.9 Å². The molecule has 0 spiro atoms.